The summed E-state index contributed by atoms with van der Waals surface area (Å²) >= 11 is 6.01. The Bertz CT molecular complexity index is 1050. The summed E-state index contributed by atoms with van der Waals surface area (Å²) in [6.07, 6.45) is 1.23. The second kappa shape index (κ2) is 12.6. The first kappa shape index (κ1) is 25.7. The maximum atomic E-state index is 11.0. The first-order chi connectivity index (χ1) is 16.4. The summed E-state index contributed by atoms with van der Waals surface area (Å²) in [4.78, 5) is 13.5. The minimum absolute atomic E-state index is 0.281. The summed E-state index contributed by atoms with van der Waals surface area (Å²) in [5.41, 5.74) is 8.32. The van der Waals surface area contributed by atoms with Crippen molar-refractivity contribution in [2.45, 2.75) is 32.1 Å². The average molecular weight is 484 g/mol. The van der Waals surface area contributed by atoms with E-state index in [1.807, 2.05) is 62.4 Å². The molecule has 3 N–H and O–H groups in total. The van der Waals surface area contributed by atoms with E-state index in [1.54, 1.807) is 11.8 Å². The number of aromatic nitrogens is 2. The Morgan fingerprint density at radius 3 is 2.62 bits per heavy atom. The number of carbonyl (C=O) groups excluding carboxylic acids is 1. The number of primary amides is 1. The van der Waals surface area contributed by atoms with E-state index in [0.29, 0.717) is 11.7 Å². The predicted octanol–water partition coefficient (Wildman–Crippen LogP) is 5.26. The van der Waals surface area contributed by atoms with Crippen LogP contribution in [0.3, 0.4) is 0 Å². The quantitative estimate of drug-likeness (QED) is 0.479. The number of benzene rings is 2. The normalized spacial score (nSPS) is 15.7. The summed E-state index contributed by atoms with van der Waals surface area (Å²) in [6.45, 7) is 8.25. The molecule has 1 aromatic heterocycles. The van der Waals surface area contributed by atoms with E-state index in [1.165, 1.54) is 18.5 Å². The van der Waals surface area contributed by atoms with Gasteiger partial charge in [-0.05, 0) is 54.6 Å². The molecule has 0 spiro atoms. The third-order valence-corrected chi connectivity index (χ3v) is 6.01. The van der Waals surface area contributed by atoms with Crippen LogP contribution in [0.5, 0.6) is 0 Å². The summed E-state index contributed by atoms with van der Waals surface area (Å²) in [6, 6.07) is 19.1. The van der Waals surface area contributed by atoms with Gasteiger partial charge >= 0.3 is 6.03 Å². The van der Waals surface area contributed by atoms with Gasteiger partial charge in [-0.2, -0.15) is 5.10 Å². The van der Waals surface area contributed by atoms with Crippen LogP contribution in [0.15, 0.2) is 60.7 Å². The number of carbonyl (C=O) groups is 1. The van der Waals surface area contributed by atoms with Crippen LogP contribution in [-0.4, -0.2) is 54.1 Å². The van der Waals surface area contributed by atoms with E-state index in [2.05, 4.69) is 27.4 Å². The number of nitrogens with one attached hydrogen (secondary N) is 1. The van der Waals surface area contributed by atoms with Crippen LogP contribution < -0.4 is 11.1 Å². The Morgan fingerprint density at radius 1 is 1.21 bits per heavy atom. The Kier molecular flexibility index (Phi) is 9.51. The van der Waals surface area contributed by atoms with Gasteiger partial charge in [0.25, 0.3) is 0 Å². The molecule has 1 saturated heterocycles. The number of nitrogens with zero attached hydrogens (tertiary/aromatic N) is 3. The van der Waals surface area contributed by atoms with Gasteiger partial charge in [0, 0.05) is 31.3 Å². The van der Waals surface area contributed by atoms with Crippen molar-refractivity contribution in [3.05, 3.63) is 76.9 Å². The van der Waals surface area contributed by atoms with Gasteiger partial charge in [-0.15, -0.1) is 0 Å². The van der Waals surface area contributed by atoms with Gasteiger partial charge in [-0.3, -0.25) is 5.32 Å². The number of ether oxygens (including phenoxy) is 1. The maximum absolute atomic E-state index is 11.0. The number of rotatable bonds is 7. The number of methoxy groups -OCH3 is 1. The van der Waals surface area contributed by atoms with E-state index in [9.17, 15) is 4.79 Å². The lowest BCUT2D eigenvalue weighted by Gasteiger charge is -2.15. The van der Waals surface area contributed by atoms with E-state index in [-0.39, 0.29) is 5.92 Å². The van der Waals surface area contributed by atoms with Gasteiger partial charge in [0.05, 0.1) is 18.0 Å². The highest BCUT2D eigenvalue weighted by Crippen LogP contribution is 2.28. The minimum atomic E-state index is -0.595. The molecule has 3 aromatic rings. The van der Waals surface area contributed by atoms with E-state index < -0.39 is 6.03 Å². The van der Waals surface area contributed by atoms with Crippen LogP contribution >= 0.6 is 11.6 Å². The third-order valence-electron chi connectivity index (χ3n) is 5.78. The molecule has 182 valence electrons. The van der Waals surface area contributed by atoms with Crippen LogP contribution in [0.1, 0.15) is 43.4 Å². The fourth-order valence-electron chi connectivity index (χ4n) is 3.95. The molecular weight excluding hydrogens is 450 g/mol. The van der Waals surface area contributed by atoms with Gasteiger partial charge in [-0.25, -0.2) is 9.48 Å². The van der Waals surface area contributed by atoms with Crippen molar-refractivity contribution in [2.24, 2.45) is 5.73 Å². The molecule has 0 bridgehead atoms. The van der Waals surface area contributed by atoms with Crippen molar-refractivity contribution in [1.82, 2.24) is 14.7 Å². The Balaban J connectivity index is 0.000000192. The first-order valence-corrected chi connectivity index (χ1v) is 11.9. The molecule has 1 atom stereocenters. The molecule has 1 aliphatic heterocycles. The monoisotopic (exact) mass is 483 g/mol. The number of para-hydroxylation sites is 1. The zero-order chi connectivity index (χ0) is 24.5. The molecule has 2 amide bonds. The first-order valence-electron chi connectivity index (χ1n) is 11.6. The van der Waals surface area contributed by atoms with E-state index in [0.717, 1.165) is 36.1 Å². The molecule has 7 nitrogen and oxygen atoms in total. The van der Waals surface area contributed by atoms with Crippen LogP contribution in [0.4, 0.5) is 10.6 Å². The van der Waals surface area contributed by atoms with Crippen LogP contribution in [0.2, 0.25) is 5.02 Å². The van der Waals surface area contributed by atoms with Crippen molar-refractivity contribution < 1.29 is 9.53 Å². The lowest BCUT2D eigenvalue weighted by atomic mass is 9.99. The number of urea groups is 1. The molecule has 1 unspecified atom stereocenters. The van der Waals surface area contributed by atoms with Crippen molar-refractivity contribution >= 4 is 23.4 Å². The number of hydrogen-bond acceptors (Lipinski definition) is 4. The SMILES string of the molecule is CC(C)c1cc(NC(N)=O)n(-c2ccccc2)n1.COCCN1CCC(c2cccc(Cl)c2)C1. The third kappa shape index (κ3) is 7.32. The van der Waals surface area contributed by atoms with Gasteiger partial charge < -0.3 is 15.4 Å². The number of hydrogen-bond donors (Lipinski definition) is 2. The average Bonchev–Trinajstić information content (AvgIpc) is 3.46. The molecular formula is C26H34ClN5O2. The van der Waals surface area contributed by atoms with Gasteiger partial charge in [-0.1, -0.05) is 55.8 Å². The number of likely N-dealkylation sites (tertiary alicyclic amines) is 1. The lowest BCUT2D eigenvalue weighted by Crippen LogP contribution is -2.24. The summed E-state index contributed by atoms with van der Waals surface area (Å²) < 4.78 is 6.78. The molecule has 0 saturated carbocycles. The number of amides is 2. The highest BCUT2D eigenvalue weighted by molar-refractivity contribution is 6.30. The van der Waals surface area contributed by atoms with Crippen molar-refractivity contribution in [2.75, 3.05) is 38.7 Å². The molecule has 2 heterocycles. The van der Waals surface area contributed by atoms with Crippen molar-refractivity contribution in [3.63, 3.8) is 0 Å². The number of nitrogens with two attached hydrogens (primary N) is 1. The van der Waals surface area contributed by atoms with Crippen LogP contribution in [0.25, 0.3) is 5.69 Å². The summed E-state index contributed by atoms with van der Waals surface area (Å²) in [7, 11) is 1.75. The van der Waals surface area contributed by atoms with Crippen LogP contribution in [-0.2, 0) is 4.74 Å². The number of anilines is 1. The van der Waals surface area contributed by atoms with Crippen molar-refractivity contribution in [3.8, 4) is 5.69 Å². The van der Waals surface area contributed by atoms with E-state index >= 15 is 0 Å². The standard InChI is InChI=1S/C13H18ClNO.C13H16N4O/c1-16-8-7-15-6-5-12(10-15)11-3-2-4-13(14)9-11;1-9(2)11-8-12(15-13(14)18)17(16-11)10-6-4-3-5-7-10/h2-4,9,12H,5-8,10H2,1H3;3-9H,1-2H3,(H3,14,15,18). The summed E-state index contributed by atoms with van der Waals surface area (Å²) in [5.74, 6) is 1.50. The minimum Gasteiger partial charge on any atom is -0.383 e. The Morgan fingerprint density at radius 2 is 1.97 bits per heavy atom. The van der Waals surface area contributed by atoms with Crippen LogP contribution in [0, 0.1) is 0 Å². The fourth-order valence-corrected chi connectivity index (χ4v) is 4.15. The fraction of sp³-hybridized carbons (Fsp3) is 0.385. The maximum Gasteiger partial charge on any atom is 0.317 e. The highest BCUT2D eigenvalue weighted by Gasteiger charge is 2.23. The Labute approximate surface area is 206 Å². The van der Waals surface area contributed by atoms with E-state index in [4.69, 9.17) is 22.1 Å². The Hall–Kier alpha value is -2.87. The smallest absolute Gasteiger partial charge is 0.317 e. The lowest BCUT2D eigenvalue weighted by molar-refractivity contribution is 0.160. The molecule has 0 aliphatic carbocycles. The second-order valence-electron chi connectivity index (χ2n) is 8.68. The molecule has 1 aliphatic rings. The predicted molar refractivity (Wildman–Crippen MR) is 138 cm³/mol. The van der Waals surface area contributed by atoms with Gasteiger partial charge in [0.2, 0.25) is 0 Å². The summed E-state index contributed by atoms with van der Waals surface area (Å²) in [5, 5.41) is 7.91. The largest absolute Gasteiger partial charge is 0.383 e. The molecule has 0 radical (unpaired) electrons. The molecule has 34 heavy (non-hydrogen) atoms. The molecule has 4 rings (SSSR count). The number of halogens is 1. The zero-order valence-electron chi connectivity index (χ0n) is 20.1. The topological polar surface area (TPSA) is 85.4 Å². The van der Waals surface area contributed by atoms with Gasteiger partial charge in [0.15, 0.2) is 0 Å². The molecule has 2 aromatic carbocycles. The zero-order valence-corrected chi connectivity index (χ0v) is 20.8. The molecule has 8 heteroatoms. The second-order valence-corrected chi connectivity index (χ2v) is 9.12. The molecule has 1 fully saturated rings. The highest BCUT2D eigenvalue weighted by atomic mass is 35.5. The van der Waals surface area contributed by atoms with Gasteiger partial charge in [0.1, 0.15) is 5.82 Å². The van der Waals surface area contributed by atoms with Crippen molar-refractivity contribution in [1.29, 1.82) is 0 Å².